The minimum Gasteiger partial charge on any atom is -0.309 e. The van der Waals surface area contributed by atoms with Crippen LogP contribution in [-0.4, -0.2) is 11.0 Å². The predicted molar refractivity (Wildman–Crippen MR) is 93.7 cm³/mol. The summed E-state index contributed by atoms with van der Waals surface area (Å²) in [7, 11) is 0. The summed E-state index contributed by atoms with van der Waals surface area (Å²) >= 11 is 5.39. The van der Waals surface area contributed by atoms with Crippen LogP contribution in [0, 0.1) is 5.92 Å². The van der Waals surface area contributed by atoms with E-state index in [1.807, 2.05) is 11.3 Å². The monoisotopic (exact) mass is 364 g/mol. The number of nitrogens with one attached hydrogen (secondary N) is 1. The largest absolute Gasteiger partial charge is 0.309 e. The number of aromatic nitrogens is 1. The van der Waals surface area contributed by atoms with Gasteiger partial charge in [0.1, 0.15) is 5.01 Å². The van der Waals surface area contributed by atoms with Crippen molar-refractivity contribution >= 4 is 27.3 Å². The SMILES string of the molecule is CC(C)Cc1nc(-c2cccc(Br)c2)sc1CNC1CC1. The van der Waals surface area contributed by atoms with Crippen LogP contribution in [0.25, 0.3) is 10.6 Å². The van der Waals surface area contributed by atoms with Crippen LogP contribution in [0.4, 0.5) is 0 Å². The smallest absolute Gasteiger partial charge is 0.123 e. The summed E-state index contributed by atoms with van der Waals surface area (Å²) in [4.78, 5) is 6.33. The normalized spacial score (nSPS) is 14.9. The molecule has 1 aromatic carbocycles. The molecule has 0 bridgehead atoms. The molecule has 1 fully saturated rings. The van der Waals surface area contributed by atoms with Gasteiger partial charge in [-0.1, -0.05) is 41.9 Å². The lowest BCUT2D eigenvalue weighted by Gasteiger charge is -2.05. The van der Waals surface area contributed by atoms with E-state index in [0.29, 0.717) is 5.92 Å². The van der Waals surface area contributed by atoms with Gasteiger partial charge < -0.3 is 5.32 Å². The summed E-state index contributed by atoms with van der Waals surface area (Å²) < 4.78 is 1.11. The minimum atomic E-state index is 0.641. The molecule has 1 N–H and O–H groups in total. The minimum absolute atomic E-state index is 0.641. The Morgan fingerprint density at radius 1 is 1.38 bits per heavy atom. The molecular formula is C17H21BrN2S. The summed E-state index contributed by atoms with van der Waals surface area (Å²) in [5.41, 5.74) is 2.48. The molecular weight excluding hydrogens is 344 g/mol. The van der Waals surface area contributed by atoms with Crippen molar-refractivity contribution in [3.63, 3.8) is 0 Å². The van der Waals surface area contributed by atoms with E-state index in [4.69, 9.17) is 4.98 Å². The lowest BCUT2D eigenvalue weighted by atomic mass is 10.1. The summed E-state index contributed by atoms with van der Waals surface area (Å²) in [5.74, 6) is 0.641. The third kappa shape index (κ3) is 4.15. The summed E-state index contributed by atoms with van der Waals surface area (Å²) in [5, 5.41) is 4.76. The van der Waals surface area contributed by atoms with Crippen LogP contribution < -0.4 is 5.32 Å². The molecule has 1 aliphatic carbocycles. The molecule has 2 aromatic rings. The van der Waals surface area contributed by atoms with Crippen LogP contribution in [0.5, 0.6) is 0 Å². The van der Waals surface area contributed by atoms with Gasteiger partial charge >= 0.3 is 0 Å². The molecule has 21 heavy (non-hydrogen) atoms. The van der Waals surface area contributed by atoms with Gasteiger partial charge in [0.05, 0.1) is 5.69 Å². The lowest BCUT2D eigenvalue weighted by molar-refractivity contribution is 0.624. The molecule has 2 nitrogen and oxygen atoms in total. The molecule has 1 saturated carbocycles. The lowest BCUT2D eigenvalue weighted by Crippen LogP contribution is -2.15. The Morgan fingerprint density at radius 3 is 2.86 bits per heavy atom. The third-order valence-corrected chi connectivity index (χ3v) is 5.22. The molecule has 3 rings (SSSR count). The maximum Gasteiger partial charge on any atom is 0.123 e. The molecule has 1 aromatic heterocycles. The van der Waals surface area contributed by atoms with Crippen molar-refractivity contribution in [2.75, 3.05) is 0 Å². The zero-order valence-corrected chi connectivity index (χ0v) is 14.9. The Morgan fingerprint density at radius 2 is 2.19 bits per heavy atom. The highest BCUT2D eigenvalue weighted by atomic mass is 79.9. The van der Waals surface area contributed by atoms with Crippen molar-refractivity contribution in [3.8, 4) is 10.6 Å². The van der Waals surface area contributed by atoms with Gasteiger partial charge in [-0.05, 0) is 37.3 Å². The first kappa shape index (κ1) is 15.2. The number of thiazole rings is 1. The van der Waals surface area contributed by atoms with E-state index in [0.717, 1.165) is 28.5 Å². The van der Waals surface area contributed by atoms with Crippen molar-refractivity contribution in [1.29, 1.82) is 0 Å². The maximum atomic E-state index is 4.92. The highest BCUT2D eigenvalue weighted by molar-refractivity contribution is 9.10. The van der Waals surface area contributed by atoms with Crippen LogP contribution >= 0.6 is 27.3 Å². The predicted octanol–water partition coefficient (Wildman–Crippen LogP) is 5.02. The molecule has 1 heterocycles. The summed E-state index contributed by atoms with van der Waals surface area (Å²) in [6.45, 7) is 5.49. The van der Waals surface area contributed by atoms with E-state index in [9.17, 15) is 0 Å². The van der Waals surface area contributed by atoms with Crippen LogP contribution in [0.15, 0.2) is 28.7 Å². The van der Waals surface area contributed by atoms with Crippen molar-refractivity contribution < 1.29 is 0 Å². The fourth-order valence-electron chi connectivity index (χ4n) is 2.34. The molecule has 0 atom stereocenters. The van der Waals surface area contributed by atoms with E-state index < -0.39 is 0 Å². The number of hydrogen-bond donors (Lipinski definition) is 1. The van der Waals surface area contributed by atoms with E-state index in [1.54, 1.807) is 0 Å². The number of hydrogen-bond acceptors (Lipinski definition) is 3. The Hall–Kier alpha value is -0.710. The highest BCUT2D eigenvalue weighted by Gasteiger charge is 2.22. The van der Waals surface area contributed by atoms with Gasteiger partial charge in [-0.25, -0.2) is 4.98 Å². The Balaban J connectivity index is 1.86. The second-order valence-corrected chi connectivity index (χ2v) is 8.15. The molecule has 4 heteroatoms. The molecule has 1 aliphatic rings. The molecule has 0 unspecified atom stereocenters. The average Bonchev–Trinajstić information content (AvgIpc) is 3.18. The first-order valence-electron chi connectivity index (χ1n) is 7.59. The van der Waals surface area contributed by atoms with Crippen molar-refractivity contribution in [1.82, 2.24) is 10.3 Å². The topological polar surface area (TPSA) is 24.9 Å². The van der Waals surface area contributed by atoms with Crippen molar-refractivity contribution in [2.45, 2.75) is 45.7 Å². The quantitative estimate of drug-likeness (QED) is 0.777. The molecule has 0 radical (unpaired) electrons. The first-order valence-corrected chi connectivity index (χ1v) is 9.20. The van der Waals surface area contributed by atoms with Crippen LogP contribution in [0.1, 0.15) is 37.3 Å². The molecule has 0 saturated heterocycles. The first-order chi connectivity index (χ1) is 10.1. The van der Waals surface area contributed by atoms with Gasteiger partial charge in [0.2, 0.25) is 0 Å². The van der Waals surface area contributed by atoms with E-state index in [-0.39, 0.29) is 0 Å². The number of halogens is 1. The van der Waals surface area contributed by atoms with Crippen molar-refractivity contribution in [2.24, 2.45) is 5.92 Å². The fourth-order valence-corrected chi connectivity index (χ4v) is 3.77. The Bertz CT molecular complexity index is 617. The van der Waals surface area contributed by atoms with E-state index in [2.05, 4.69) is 59.4 Å². The van der Waals surface area contributed by atoms with Crippen LogP contribution in [0.2, 0.25) is 0 Å². The van der Waals surface area contributed by atoms with Crippen molar-refractivity contribution in [3.05, 3.63) is 39.3 Å². The molecule has 112 valence electrons. The van der Waals surface area contributed by atoms with Crippen LogP contribution in [-0.2, 0) is 13.0 Å². The number of nitrogens with zero attached hydrogens (tertiary/aromatic N) is 1. The van der Waals surface area contributed by atoms with E-state index in [1.165, 1.54) is 29.0 Å². The maximum absolute atomic E-state index is 4.92. The standard InChI is InChI=1S/C17H21BrN2S/c1-11(2)8-15-16(10-19-14-6-7-14)21-17(20-15)12-4-3-5-13(18)9-12/h3-5,9,11,14,19H,6-8,10H2,1-2H3. The van der Waals surface area contributed by atoms with Gasteiger partial charge in [0, 0.05) is 27.5 Å². The van der Waals surface area contributed by atoms with Gasteiger partial charge in [-0.2, -0.15) is 0 Å². The Labute approximate surface area is 139 Å². The summed E-state index contributed by atoms with van der Waals surface area (Å²) in [6, 6.07) is 9.16. The van der Waals surface area contributed by atoms with Gasteiger partial charge in [0.15, 0.2) is 0 Å². The average molecular weight is 365 g/mol. The molecule has 0 spiro atoms. The second kappa shape index (κ2) is 6.59. The second-order valence-electron chi connectivity index (χ2n) is 6.15. The van der Waals surface area contributed by atoms with E-state index >= 15 is 0 Å². The summed E-state index contributed by atoms with van der Waals surface area (Å²) in [6.07, 6.45) is 3.72. The molecule has 0 amide bonds. The van der Waals surface area contributed by atoms with Crippen LogP contribution in [0.3, 0.4) is 0 Å². The highest BCUT2D eigenvalue weighted by Crippen LogP contribution is 2.31. The van der Waals surface area contributed by atoms with Gasteiger partial charge in [-0.15, -0.1) is 11.3 Å². The zero-order valence-electron chi connectivity index (χ0n) is 12.5. The number of rotatable bonds is 6. The van der Waals surface area contributed by atoms with Gasteiger partial charge in [-0.3, -0.25) is 0 Å². The number of benzene rings is 1. The fraction of sp³-hybridized carbons (Fsp3) is 0.471. The molecule has 0 aliphatic heterocycles. The van der Waals surface area contributed by atoms with Gasteiger partial charge in [0.25, 0.3) is 0 Å². The third-order valence-electron chi connectivity index (χ3n) is 3.58. The Kier molecular flexibility index (Phi) is 4.77. The zero-order chi connectivity index (χ0) is 14.8.